The molecule has 2 aromatic carbocycles. The number of aryl methyl sites for hydroxylation is 1. The first-order chi connectivity index (χ1) is 17.0. The van der Waals surface area contributed by atoms with Gasteiger partial charge in [-0.05, 0) is 59.5 Å². The van der Waals surface area contributed by atoms with Gasteiger partial charge in [-0.25, -0.2) is 9.78 Å². The fourth-order valence-electron chi connectivity index (χ4n) is 4.76. The van der Waals surface area contributed by atoms with Crippen LogP contribution in [0.25, 0.3) is 17.0 Å². The quantitative estimate of drug-likeness (QED) is 0.316. The molecule has 0 saturated carbocycles. The summed E-state index contributed by atoms with van der Waals surface area (Å²) in [5.41, 5.74) is 6.53. The molecule has 5 rings (SSSR count). The zero-order chi connectivity index (χ0) is 24.4. The molecule has 1 aliphatic heterocycles. The first-order valence-corrected chi connectivity index (χ1v) is 12.4. The topological polar surface area (TPSA) is 50.2 Å². The average molecular weight is 505 g/mol. The molecule has 1 N–H and O–H groups in total. The number of rotatable bonds is 5. The van der Waals surface area contributed by atoms with Crippen molar-refractivity contribution in [1.29, 1.82) is 0 Å². The SMILES string of the molecule is Cc1cccc2c1c1c(n2C(=O)NCc2ccnc(Cl)c2)CCN(CC=Cc2ccc(Cl)cc2)C1. The molecule has 35 heavy (non-hydrogen) atoms. The number of carbonyl (C=O) groups excluding carboxylic acids is 1. The molecule has 0 fully saturated rings. The number of carbonyl (C=O) groups is 1. The van der Waals surface area contributed by atoms with Crippen LogP contribution in [-0.4, -0.2) is 33.6 Å². The lowest BCUT2D eigenvalue weighted by Gasteiger charge is -2.27. The number of aromatic nitrogens is 2. The standard InChI is InChI=1S/C28H26Cl2N4O/c1-19-4-2-6-25-27(19)23-18-33(14-3-5-20-7-9-22(29)10-8-20)15-12-24(23)34(25)28(35)32-17-21-11-13-31-26(30)16-21/h2-11,13,16H,12,14-15,17-18H2,1H3,(H,32,35). The van der Waals surface area contributed by atoms with Crippen molar-refractivity contribution in [2.75, 3.05) is 13.1 Å². The maximum Gasteiger partial charge on any atom is 0.326 e. The van der Waals surface area contributed by atoms with Crippen LogP contribution in [0.1, 0.15) is 27.9 Å². The van der Waals surface area contributed by atoms with E-state index in [-0.39, 0.29) is 6.03 Å². The second kappa shape index (κ2) is 10.2. The van der Waals surface area contributed by atoms with Crippen molar-refractivity contribution >= 4 is 46.2 Å². The van der Waals surface area contributed by atoms with Gasteiger partial charge in [0.2, 0.25) is 0 Å². The largest absolute Gasteiger partial charge is 0.333 e. The summed E-state index contributed by atoms with van der Waals surface area (Å²) in [7, 11) is 0. The normalized spacial score (nSPS) is 13.9. The molecule has 7 heteroatoms. The molecule has 5 nitrogen and oxygen atoms in total. The molecule has 0 saturated heterocycles. The smallest absolute Gasteiger partial charge is 0.326 e. The molecule has 0 radical (unpaired) electrons. The molecule has 0 bridgehead atoms. The van der Waals surface area contributed by atoms with E-state index in [2.05, 4.69) is 40.3 Å². The van der Waals surface area contributed by atoms with Gasteiger partial charge < -0.3 is 5.32 Å². The summed E-state index contributed by atoms with van der Waals surface area (Å²) in [6.45, 7) is 5.05. The molecule has 178 valence electrons. The van der Waals surface area contributed by atoms with E-state index < -0.39 is 0 Å². The number of benzene rings is 2. The first kappa shape index (κ1) is 23.6. The highest BCUT2D eigenvalue weighted by Gasteiger charge is 2.27. The number of halogens is 2. The molecule has 0 unspecified atom stereocenters. The monoisotopic (exact) mass is 504 g/mol. The van der Waals surface area contributed by atoms with Gasteiger partial charge in [0.1, 0.15) is 5.15 Å². The number of hydrogen-bond donors (Lipinski definition) is 1. The molecular formula is C28H26Cl2N4O. The number of hydrogen-bond acceptors (Lipinski definition) is 3. The predicted molar refractivity (Wildman–Crippen MR) is 143 cm³/mol. The van der Waals surface area contributed by atoms with Crippen molar-refractivity contribution in [3.05, 3.63) is 105 Å². The number of fused-ring (bicyclic) bond motifs is 3. The maximum atomic E-state index is 13.4. The van der Waals surface area contributed by atoms with Crippen molar-refractivity contribution < 1.29 is 4.79 Å². The third-order valence-electron chi connectivity index (χ3n) is 6.44. The van der Waals surface area contributed by atoms with Gasteiger partial charge >= 0.3 is 6.03 Å². The van der Waals surface area contributed by atoms with E-state index >= 15 is 0 Å². The number of amides is 1. The lowest BCUT2D eigenvalue weighted by molar-refractivity contribution is 0.240. The zero-order valence-electron chi connectivity index (χ0n) is 19.5. The molecule has 0 atom stereocenters. The summed E-state index contributed by atoms with van der Waals surface area (Å²) in [4.78, 5) is 19.8. The van der Waals surface area contributed by atoms with Gasteiger partial charge in [-0.1, -0.05) is 59.6 Å². The molecule has 0 spiro atoms. The molecule has 0 aliphatic carbocycles. The molecule has 2 aromatic heterocycles. The first-order valence-electron chi connectivity index (χ1n) is 11.6. The fourth-order valence-corrected chi connectivity index (χ4v) is 5.09. The van der Waals surface area contributed by atoms with Crippen molar-refractivity contribution in [3.63, 3.8) is 0 Å². The lowest BCUT2D eigenvalue weighted by Crippen LogP contribution is -2.34. The summed E-state index contributed by atoms with van der Waals surface area (Å²) >= 11 is 12.0. The summed E-state index contributed by atoms with van der Waals surface area (Å²) in [5.74, 6) is 0. The maximum absolute atomic E-state index is 13.4. The van der Waals surface area contributed by atoms with Gasteiger partial charge in [0.15, 0.2) is 0 Å². The minimum atomic E-state index is -0.120. The van der Waals surface area contributed by atoms with Crippen LogP contribution in [0.15, 0.2) is 66.9 Å². The average Bonchev–Trinajstić information content (AvgIpc) is 3.19. The van der Waals surface area contributed by atoms with Crippen molar-refractivity contribution in [2.45, 2.75) is 26.4 Å². The summed E-state index contributed by atoms with van der Waals surface area (Å²) < 4.78 is 1.86. The van der Waals surface area contributed by atoms with Gasteiger partial charge in [0, 0.05) is 54.9 Å². The van der Waals surface area contributed by atoms with Crippen LogP contribution in [0.5, 0.6) is 0 Å². The Labute approximate surface area is 215 Å². The summed E-state index contributed by atoms with van der Waals surface area (Å²) in [6.07, 6.45) is 6.77. The third-order valence-corrected chi connectivity index (χ3v) is 6.90. The molecule has 1 aliphatic rings. The second-order valence-electron chi connectivity index (χ2n) is 8.81. The number of nitrogens with one attached hydrogen (secondary N) is 1. The lowest BCUT2D eigenvalue weighted by atomic mass is 10.0. The van der Waals surface area contributed by atoms with E-state index in [0.717, 1.165) is 53.4 Å². The Bertz CT molecular complexity index is 1410. The van der Waals surface area contributed by atoms with Crippen LogP contribution >= 0.6 is 23.2 Å². The Morgan fingerprint density at radius 1 is 1.14 bits per heavy atom. The Morgan fingerprint density at radius 3 is 2.77 bits per heavy atom. The van der Waals surface area contributed by atoms with Crippen molar-refractivity contribution in [1.82, 2.24) is 19.8 Å². The van der Waals surface area contributed by atoms with E-state index in [1.54, 1.807) is 12.3 Å². The van der Waals surface area contributed by atoms with E-state index in [1.165, 1.54) is 16.5 Å². The van der Waals surface area contributed by atoms with E-state index in [4.69, 9.17) is 23.2 Å². The van der Waals surface area contributed by atoms with Crippen molar-refractivity contribution in [3.8, 4) is 0 Å². The van der Waals surface area contributed by atoms with Gasteiger partial charge in [-0.2, -0.15) is 0 Å². The Kier molecular flexibility index (Phi) is 6.91. The summed E-state index contributed by atoms with van der Waals surface area (Å²) in [5, 5.41) is 5.40. The highest BCUT2D eigenvalue weighted by Crippen LogP contribution is 2.33. The van der Waals surface area contributed by atoms with Gasteiger partial charge in [0.25, 0.3) is 0 Å². The van der Waals surface area contributed by atoms with E-state index in [1.807, 2.05) is 47.0 Å². The van der Waals surface area contributed by atoms with E-state index in [0.29, 0.717) is 11.7 Å². The minimum absolute atomic E-state index is 0.120. The molecule has 4 aromatic rings. The van der Waals surface area contributed by atoms with Crippen LogP contribution in [0.4, 0.5) is 4.79 Å². The highest BCUT2D eigenvalue weighted by atomic mass is 35.5. The van der Waals surface area contributed by atoms with E-state index in [9.17, 15) is 4.79 Å². The number of pyridine rings is 1. The van der Waals surface area contributed by atoms with Crippen LogP contribution in [0.3, 0.4) is 0 Å². The molecule has 1 amide bonds. The summed E-state index contributed by atoms with van der Waals surface area (Å²) in [6, 6.07) is 17.5. The van der Waals surface area contributed by atoms with Gasteiger partial charge in [0.05, 0.1) is 5.52 Å². The van der Waals surface area contributed by atoms with Crippen LogP contribution in [0.2, 0.25) is 10.2 Å². The minimum Gasteiger partial charge on any atom is -0.333 e. The Morgan fingerprint density at radius 2 is 1.97 bits per heavy atom. The Hall–Kier alpha value is -3.12. The van der Waals surface area contributed by atoms with Crippen LogP contribution < -0.4 is 5.32 Å². The Balaban J connectivity index is 1.37. The second-order valence-corrected chi connectivity index (χ2v) is 9.64. The van der Waals surface area contributed by atoms with Crippen molar-refractivity contribution in [2.24, 2.45) is 0 Å². The zero-order valence-corrected chi connectivity index (χ0v) is 21.0. The van der Waals surface area contributed by atoms with Crippen LogP contribution in [-0.2, 0) is 19.5 Å². The fraction of sp³-hybridized carbons (Fsp3) is 0.214. The highest BCUT2D eigenvalue weighted by molar-refractivity contribution is 6.30. The number of nitrogens with zero attached hydrogens (tertiary/aromatic N) is 3. The molecule has 3 heterocycles. The van der Waals surface area contributed by atoms with Gasteiger partial charge in [-0.3, -0.25) is 9.47 Å². The molecular weight excluding hydrogens is 479 g/mol. The van der Waals surface area contributed by atoms with Crippen LogP contribution in [0, 0.1) is 6.92 Å². The predicted octanol–water partition coefficient (Wildman–Crippen LogP) is 6.48. The van der Waals surface area contributed by atoms with Gasteiger partial charge in [-0.15, -0.1) is 0 Å². The third kappa shape index (κ3) is 5.13.